The number of hydrogen-bond acceptors (Lipinski definition) is 4. The van der Waals surface area contributed by atoms with Crippen LogP contribution in [-0.2, 0) is 4.74 Å². The summed E-state index contributed by atoms with van der Waals surface area (Å²) in [4.78, 5) is 14.5. The molecule has 1 fully saturated rings. The number of unbranched alkanes of at least 4 members (excludes halogenated alkanes) is 1. The van der Waals surface area contributed by atoms with Crippen LogP contribution in [0.25, 0.3) is 0 Å². The van der Waals surface area contributed by atoms with E-state index in [-0.39, 0.29) is 12.0 Å². The number of nitrogens with zero attached hydrogens (tertiary/aromatic N) is 1. The molecule has 24 heavy (non-hydrogen) atoms. The molecule has 0 unspecified atom stereocenters. The Hall–Kier alpha value is -1.59. The van der Waals surface area contributed by atoms with E-state index in [1.54, 1.807) is 0 Å². The highest BCUT2D eigenvalue weighted by molar-refractivity contribution is 5.94. The summed E-state index contributed by atoms with van der Waals surface area (Å²) >= 11 is 0. The molecule has 0 aliphatic carbocycles. The second-order valence-electron chi connectivity index (χ2n) is 6.23. The summed E-state index contributed by atoms with van der Waals surface area (Å²) in [6.45, 7) is 5.74. The highest BCUT2D eigenvalue weighted by Crippen LogP contribution is 2.18. The Labute approximate surface area is 145 Å². The summed E-state index contributed by atoms with van der Waals surface area (Å²) in [7, 11) is 0. The fourth-order valence-electron chi connectivity index (χ4n) is 2.77. The maximum absolute atomic E-state index is 12.6. The Morgan fingerprint density at radius 3 is 2.50 bits per heavy atom. The minimum atomic E-state index is 0.0931. The smallest absolute Gasteiger partial charge is 0.253 e. The van der Waals surface area contributed by atoms with Gasteiger partial charge in [-0.1, -0.05) is 13.3 Å². The summed E-state index contributed by atoms with van der Waals surface area (Å²) in [6, 6.07) is 7.47. The number of likely N-dealkylation sites (tertiary alicyclic amines) is 1. The minimum absolute atomic E-state index is 0.0931. The van der Waals surface area contributed by atoms with Crippen molar-refractivity contribution in [3.63, 3.8) is 0 Å². The predicted molar refractivity (Wildman–Crippen MR) is 95.4 cm³/mol. The zero-order valence-corrected chi connectivity index (χ0v) is 14.7. The molecule has 5 nitrogen and oxygen atoms in total. The molecule has 1 amide bonds. The second-order valence-corrected chi connectivity index (χ2v) is 6.23. The first-order chi connectivity index (χ1) is 11.7. The number of hydrogen-bond donors (Lipinski definition) is 1. The topological polar surface area (TPSA) is 64.8 Å². The monoisotopic (exact) mass is 334 g/mol. The van der Waals surface area contributed by atoms with Gasteiger partial charge in [0.05, 0.1) is 12.7 Å². The zero-order valence-electron chi connectivity index (χ0n) is 14.7. The lowest BCUT2D eigenvalue weighted by Gasteiger charge is -2.32. The molecule has 0 spiro atoms. The highest BCUT2D eigenvalue weighted by atomic mass is 16.5. The first kappa shape index (κ1) is 18.7. The molecule has 0 radical (unpaired) electrons. The van der Waals surface area contributed by atoms with Crippen molar-refractivity contribution in [3.8, 4) is 5.75 Å². The van der Waals surface area contributed by atoms with E-state index in [1.165, 1.54) is 0 Å². The van der Waals surface area contributed by atoms with E-state index in [1.807, 2.05) is 29.2 Å². The molecule has 0 saturated carbocycles. The Morgan fingerprint density at radius 2 is 1.88 bits per heavy atom. The van der Waals surface area contributed by atoms with Gasteiger partial charge in [0, 0.05) is 25.3 Å². The van der Waals surface area contributed by atoms with Crippen LogP contribution in [0.1, 0.15) is 49.4 Å². The van der Waals surface area contributed by atoms with Crippen molar-refractivity contribution in [2.45, 2.75) is 45.1 Å². The SMILES string of the molecule is CCCCOc1ccc(C(=O)N2CCC(OCCCN)CC2)cc1. The van der Waals surface area contributed by atoms with Gasteiger partial charge in [0.25, 0.3) is 5.91 Å². The molecule has 1 heterocycles. The Bertz CT molecular complexity index is 482. The first-order valence-electron chi connectivity index (χ1n) is 9.08. The van der Waals surface area contributed by atoms with E-state index in [2.05, 4.69) is 6.92 Å². The lowest BCUT2D eigenvalue weighted by atomic mass is 10.1. The van der Waals surface area contributed by atoms with Gasteiger partial charge in [-0.2, -0.15) is 0 Å². The molecule has 0 bridgehead atoms. The van der Waals surface area contributed by atoms with Gasteiger partial charge in [0.15, 0.2) is 0 Å². The van der Waals surface area contributed by atoms with E-state index in [4.69, 9.17) is 15.2 Å². The van der Waals surface area contributed by atoms with Crippen LogP contribution in [0.5, 0.6) is 5.75 Å². The van der Waals surface area contributed by atoms with Crippen LogP contribution in [0.4, 0.5) is 0 Å². The summed E-state index contributed by atoms with van der Waals surface area (Å²) in [5.74, 6) is 0.919. The summed E-state index contributed by atoms with van der Waals surface area (Å²) in [5, 5.41) is 0. The maximum atomic E-state index is 12.6. The van der Waals surface area contributed by atoms with Crippen LogP contribution < -0.4 is 10.5 Å². The zero-order chi connectivity index (χ0) is 17.2. The average Bonchev–Trinajstić information content (AvgIpc) is 2.63. The third-order valence-corrected chi connectivity index (χ3v) is 4.30. The van der Waals surface area contributed by atoms with E-state index in [0.717, 1.165) is 63.1 Å². The number of rotatable bonds is 9. The standard InChI is InChI=1S/C19H30N2O3/c1-2-3-14-23-17-7-5-16(6-8-17)19(22)21-12-9-18(10-13-21)24-15-4-11-20/h5-8,18H,2-4,9-15,20H2,1H3. The number of ether oxygens (including phenoxy) is 2. The van der Waals surface area contributed by atoms with Gasteiger partial charge in [-0.05, 0) is 56.5 Å². The number of piperidine rings is 1. The fraction of sp³-hybridized carbons (Fsp3) is 0.632. The summed E-state index contributed by atoms with van der Waals surface area (Å²) < 4.78 is 11.4. The van der Waals surface area contributed by atoms with Crippen molar-refractivity contribution in [2.24, 2.45) is 5.73 Å². The molecule has 1 aromatic rings. The van der Waals surface area contributed by atoms with Gasteiger partial charge < -0.3 is 20.1 Å². The van der Waals surface area contributed by atoms with Crippen LogP contribution in [-0.4, -0.2) is 49.8 Å². The van der Waals surface area contributed by atoms with Gasteiger partial charge in [-0.15, -0.1) is 0 Å². The molecule has 0 atom stereocenters. The molecule has 1 aliphatic heterocycles. The number of carbonyl (C=O) groups is 1. The molecule has 2 rings (SSSR count). The highest BCUT2D eigenvalue weighted by Gasteiger charge is 2.23. The minimum Gasteiger partial charge on any atom is -0.494 e. The second kappa shape index (κ2) is 10.3. The number of amides is 1. The van der Waals surface area contributed by atoms with Gasteiger partial charge in [-0.25, -0.2) is 0 Å². The summed E-state index contributed by atoms with van der Waals surface area (Å²) in [6.07, 6.45) is 5.11. The third kappa shape index (κ3) is 5.80. The number of benzene rings is 1. The summed E-state index contributed by atoms with van der Waals surface area (Å²) in [5.41, 5.74) is 6.20. The molecule has 1 saturated heterocycles. The van der Waals surface area contributed by atoms with Crippen molar-refractivity contribution in [2.75, 3.05) is 32.8 Å². The number of carbonyl (C=O) groups excluding carboxylic acids is 1. The Morgan fingerprint density at radius 1 is 1.17 bits per heavy atom. The molecule has 2 N–H and O–H groups in total. The molecular weight excluding hydrogens is 304 g/mol. The van der Waals surface area contributed by atoms with Crippen LogP contribution in [0, 0.1) is 0 Å². The Kier molecular flexibility index (Phi) is 8.05. The maximum Gasteiger partial charge on any atom is 0.253 e. The molecule has 1 aliphatic rings. The van der Waals surface area contributed by atoms with E-state index in [9.17, 15) is 4.79 Å². The van der Waals surface area contributed by atoms with E-state index >= 15 is 0 Å². The molecule has 5 heteroatoms. The van der Waals surface area contributed by atoms with Crippen LogP contribution in [0.2, 0.25) is 0 Å². The average molecular weight is 334 g/mol. The van der Waals surface area contributed by atoms with Crippen molar-refractivity contribution >= 4 is 5.91 Å². The quantitative estimate of drug-likeness (QED) is 0.705. The van der Waals surface area contributed by atoms with Gasteiger partial charge in [-0.3, -0.25) is 4.79 Å². The van der Waals surface area contributed by atoms with Gasteiger partial charge in [0.1, 0.15) is 5.75 Å². The largest absolute Gasteiger partial charge is 0.494 e. The number of nitrogens with two attached hydrogens (primary N) is 1. The van der Waals surface area contributed by atoms with Crippen molar-refractivity contribution < 1.29 is 14.3 Å². The van der Waals surface area contributed by atoms with Crippen molar-refractivity contribution in [1.29, 1.82) is 0 Å². The van der Waals surface area contributed by atoms with Crippen molar-refractivity contribution in [3.05, 3.63) is 29.8 Å². The van der Waals surface area contributed by atoms with E-state index in [0.29, 0.717) is 13.2 Å². The lowest BCUT2D eigenvalue weighted by molar-refractivity contribution is 0.00845. The first-order valence-corrected chi connectivity index (χ1v) is 9.08. The fourth-order valence-corrected chi connectivity index (χ4v) is 2.77. The van der Waals surface area contributed by atoms with Crippen LogP contribution in [0.3, 0.4) is 0 Å². The van der Waals surface area contributed by atoms with Gasteiger partial charge in [0.2, 0.25) is 0 Å². The molecule has 134 valence electrons. The predicted octanol–water partition coefficient (Wildman–Crippen LogP) is 2.84. The molecule has 1 aromatic carbocycles. The molecular formula is C19H30N2O3. The van der Waals surface area contributed by atoms with Gasteiger partial charge >= 0.3 is 0 Å². The van der Waals surface area contributed by atoms with Crippen LogP contribution in [0.15, 0.2) is 24.3 Å². The third-order valence-electron chi connectivity index (χ3n) is 4.30. The van der Waals surface area contributed by atoms with E-state index < -0.39 is 0 Å². The Balaban J connectivity index is 1.78. The normalized spacial score (nSPS) is 15.5. The van der Waals surface area contributed by atoms with Crippen LogP contribution >= 0.6 is 0 Å². The lowest BCUT2D eigenvalue weighted by Crippen LogP contribution is -2.41. The van der Waals surface area contributed by atoms with Crippen molar-refractivity contribution in [1.82, 2.24) is 4.90 Å². The molecule has 0 aromatic heterocycles.